The van der Waals surface area contributed by atoms with Gasteiger partial charge in [0.15, 0.2) is 0 Å². The molecule has 2 unspecified atom stereocenters. The van der Waals surface area contributed by atoms with E-state index in [0.717, 1.165) is 38.5 Å². The van der Waals surface area contributed by atoms with Gasteiger partial charge in [0.1, 0.15) is 0 Å². The van der Waals surface area contributed by atoms with Crippen molar-refractivity contribution in [2.24, 2.45) is 11.7 Å². The zero-order chi connectivity index (χ0) is 12.0. The molecule has 0 saturated heterocycles. The molecule has 1 amide bonds. The van der Waals surface area contributed by atoms with Gasteiger partial charge in [-0.25, -0.2) is 0 Å². The summed E-state index contributed by atoms with van der Waals surface area (Å²) in [5.74, 6) is 0.364. The lowest BCUT2D eigenvalue weighted by Gasteiger charge is -2.26. The molecule has 0 heterocycles. The van der Waals surface area contributed by atoms with Crippen LogP contribution in [0.2, 0.25) is 0 Å². The fraction of sp³-hybridized carbons (Fsp3) is 0.917. The predicted molar refractivity (Wildman–Crippen MR) is 63.9 cm³/mol. The van der Waals surface area contributed by atoms with Gasteiger partial charge in [-0.1, -0.05) is 19.8 Å². The summed E-state index contributed by atoms with van der Waals surface area (Å²) < 4.78 is 0. The summed E-state index contributed by atoms with van der Waals surface area (Å²) in [7, 11) is 0. The number of carbonyl (C=O) groups is 1. The first-order valence-corrected chi connectivity index (χ1v) is 6.34. The van der Waals surface area contributed by atoms with Gasteiger partial charge >= 0.3 is 0 Å². The Balaban J connectivity index is 2.20. The van der Waals surface area contributed by atoms with E-state index in [4.69, 9.17) is 5.73 Å². The second kappa shape index (κ2) is 6.86. The van der Waals surface area contributed by atoms with Gasteiger partial charge in [-0.15, -0.1) is 0 Å². The number of amides is 1. The van der Waals surface area contributed by atoms with Gasteiger partial charge in [0.2, 0.25) is 5.91 Å². The van der Waals surface area contributed by atoms with E-state index in [1.807, 2.05) is 6.92 Å². The average Bonchev–Trinajstić information content (AvgIpc) is 2.26. The molecule has 0 spiro atoms. The minimum Gasteiger partial charge on any atom is -0.393 e. The van der Waals surface area contributed by atoms with Crippen LogP contribution in [0.4, 0.5) is 0 Å². The monoisotopic (exact) mass is 228 g/mol. The molecule has 0 aromatic rings. The molecule has 16 heavy (non-hydrogen) atoms. The number of rotatable bonds is 5. The van der Waals surface area contributed by atoms with Crippen LogP contribution in [-0.2, 0) is 4.79 Å². The van der Waals surface area contributed by atoms with Crippen molar-refractivity contribution in [3.05, 3.63) is 0 Å². The average molecular weight is 228 g/mol. The Morgan fingerprint density at radius 1 is 1.56 bits per heavy atom. The van der Waals surface area contributed by atoms with Gasteiger partial charge in [-0.2, -0.15) is 0 Å². The molecule has 1 rings (SSSR count). The minimum absolute atomic E-state index is 0.0538. The smallest absolute Gasteiger partial charge is 0.236 e. The molecule has 0 aromatic heterocycles. The number of nitrogens with one attached hydrogen (secondary N) is 1. The highest BCUT2D eigenvalue weighted by Gasteiger charge is 2.21. The molecule has 4 heteroatoms. The zero-order valence-corrected chi connectivity index (χ0v) is 10.1. The Kier molecular flexibility index (Phi) is 5.77. The highest BCUT2D eigenvalue weighted by molar-refractivity contribution is 5.81. The van der Waals surface area contributed by atoms with Gasteiger partial charge in [-0.05, 0) is 31.6 Å². The largest absolute Gasteiger partial charge is 0.393 e. The summed E-state index contributed by atoms with van der Waals surface area (Å²) in [4.78, 5) is 11.6. The predicted octanol–water partition coefficient (Wildman–Crippen LogP) is 0.781. The third kappa shape index (κ3) is 4.49. The first-order valence-electron chi connectivity index (χ1n) is 6.34. The maximum atomic E-state index is 11.6. The van der Waals surface area contributed by atoms with E-state index in [1.54, 1.807) is 0 Å². The molecule has 1 fully saturated rings. The maximum Gasteiger partial charge on any atom is 0.236 e. The zero-order valence-electron chi connectivity index (χ0n) is 10.1. The minimum atomic E-state index is -0.376. The third-order valence-electron chi connectivity index (χ3n) is 3.26. The van der Waals surface area contributed by atoms with Crippen LogP contribution in [0.25, 0.3) is 0 Å². The molecular formula is C12H24N2O2. The van der Waals surface area contributed by atoms with Gasteiger partial charge < -0.3 is 16.2 Å². The summed E-state index contributed by atoms with van der Waals surface area (Å²) in [6.45, 7) is 2.68. The van der Waals surface area contributed by atoms with Crippen LogP contribution in [0.1, 0.15) is 45.4 Å². The van der Waals surface area contributed by atoms with Crippen LogP contribution in [-0.4, -0.2) is 29.7 Å². The van der Waals surface area contributed by atoms with E-state index >= 15 is 0 Å². The number of aliphatic hydroxyl groups is 1. The standard InChI is InChI=1S/C12H24N2O2/c1-2-4-11(13)12(16)14-8-9-5-3-6-10(15)7-9/h9-11,15H,2-8,13H2,1H3,(H,14,16)/t9?,10?,11-/m1/s1. The summed E-state index contributed by atoms with van der Waals surface area (Å²) in [6.07, 6.45) is 5.35. The fourth-order valence-corrected chi connectivity index (χ4v) is 2.27. The van der Waals surface area contributed by atoms with Gasteiger partial charge in [-0.3, -0.25) is 4.79 Å². The molecule has 0 aromatic carbocycles. The van der Waals surface area contributed by atoms with E-state index in [1.165, 1.54) is 0 Å². The van der Waals surface area contributed by atoms with Gasteiger partial charge in [0.05, 0.1) is 12.1 Å². The van der Waals surface area contributed by atoms with Crippen molar-refractivity contribution in [3.63, 3.8) is 0 Å². The van der Waals surface area contributed by atoms with Crippen molar-refractivity contribution in [2.75, 3.05) is 6.54 Å². The van der Waals surface area contributed by atoms with Crippen molar-refractivity contribution >= 4 is 5.91 Å². The van der Waals surface area contributed by atoms with Crippen LogP contribution in [0.3, 0.4) is 0 Å². The van der Waals surface area contributed by atoms with Crippen molar-refractivity contribution in [3.8, 4) is 0 Å². The lowest BCUT2D eigenvalue weighted by atomic mass is 9.87. The molecule has 0 radical (unpaired) electrons. The summed E-state index contributed by atoms with van der Waals surface area (Å²) >= 11 is 0. The lowest BCUT2D eigenvalue weighted by Crippen LogP contribution is -2.43. The Labute approximate surface area is 97.6 Å². The van der Waals surface area contributed by atoms with Crippen LogP contribution in [0.15, 0.2) is 0 Å². The van der Waals surface area contributed by atoms with Crippen LogP contribution >= 0.6 is 0 Å². The fourth-order valence-electron chi connectivity index (χ4n) is 2.27. The van der Waals surface area contributed by atoms with E-state index in [2.05, 4.69) is 5.32 Å². The number of carbonyl (C=O) groups excluding carboxylic acids is 1. The van der Waals surface area contributed by atoms with Crippen molar-refractivity contribution in [1.82, 2.24) is 5.32 Å². The van der Waals surface area contributed by atoms with E-state index < -0.39 is 0 Å². The Morgan fingerprint density at radius 2 is 2.31 bits per heavy atom. The van der Waals surface area contributed by atoms with E-state index in [-0.39, 0.29) is 18.1 Å². The second-order valence-electron chi connectivity index (χ2n) is 4.83. The lowest BCUT2D eigenvalue weighted by molar-refractivity contribution is -0.122. The highest BCUT2D eigenvalue weighted by Crippen LogP contribution is 2.23. The SMILES string of the molecule is CCC[C@@H](N)C(=O)NCC1CCCC(O)C1. The molecule has 1 aliphatic rings. The number of aliphatic hydroxyl groups excluding tert-OH is 1. The van der Waals surface area contributed by atoms with Gasteiger partial charge in [0.25, 0.3) is 0 Å². The van der Waals surface area contributed by atoms with Crippen LogP contribution in [0.5, 0.6) is 0 Å². The van der Waals surface area contributed by atoms with Gasteiger partial charge in [0, 0.05) is 6.54 Å². The molecule has 0 aliphatic heterocycles. The molecule has 94 valence electrons. The summed E-state index contributed by atoms with van der Waals surface area (Å²) in [6, 6.07) is -0.376. The molecule has 4 N–H and O–H groups in total. The topological polar surface area (TPSA) is 75.4 Å². The molecule has 3 atom stereocenters. The first kappa shape index (κ1) is 13.5. The van der Waals surface area contributed by atoms with Crippen LogP contribution in [0, 0.1) is 5.92 Å². The summed E-state index contributed by atoms with van der Waals surface area (Å²) in [5, 5.41) is 12.4. The highest BCUT2D eigenvalue weighted by atomic mass is 16.3. The number of nitrogens with two attached hydrogens (primary N) is 1. The molecule has 0 bridgehead atoms. The normalized spacial score (nSPS) is 27.4. The second-order valence-corrected chi connectivity index (χ2v) is 4.83. The summed E-state index contributed by atoms with van der Waals surface area (Å²) in [5.41, 5.74) is 5.71. The number of hydrogen-bond acceptors (Lipinski definition) is 3. The third-order valence-corrected chi connectivity index (χ3v) is 3.26. The van der Waals surface area contributed by atoms with Crippen molar-refractivity contribution in [2.45, 2.75) is 57.6 Å². The first-order chi connectivity index (χ1) is 7.63. The Hall–Kier alpha value is -0.610. The molecule has 1 aliphatic carbocycles. The molecule has 1 saturated carbocycles. The maximum absolute atomic E-state index is 11.6. The Bertz CT molecular complexity index is 221. The Morgan fingerprint density at radius 3 is 2.94 bits per heavy atom. The van der Waals surface area contributed by atoms with E-state index in [9.17, 15) is 9.90 Å². The quantitative estimate of drug-likeness (QED) is 0.651. The number of hydrogen-bond donors (Lipinski definition) is 3. The van der Waals surface area contributed by atoms with Crippen molar-refractivity contribution < 1.29 is 9.90 Å². The van der Waals surface area contributed by atoms with E-state index in [0.29, 0.717) is 12.5 Å². The van der Waals surface area contributed by atoms with Crippen LogP contribution < -0.4 is 11.1 Å². The molecular weight excluding hydrogens is 204 g/mol. The molecule has 4 nitrogen and oxygen atoms in total. The van der Waals surface area contributed by atoms with Crippen molar-refractivity contribution in [1.29, 1.82) is 0 Å².